The van der Waals surface area contributed by atoms with Crippen LogP contribution in [0.5, 0.6) is 0 Å². The normalized spacial score (nSPS) is 8.00. The monoisotopic (exact) mass is 378 g/mol. The molecule has 0 spiro atoms. The van der Waals surface area contributed by atoms with Gasteiger partial charge in [0.05, 0.1) is 0 Å². The summed E-state index contributed by atoms with van der Waals surface area (Å²) in [6.45, 7) is -12.3. The maximum Gasteiger partial charge on any atom is 1.00 e. The standard InChI is InChI=1S/4CF3.Cu.K/c4*2-1(3)4;;/q4*-1;;+1. The van der Waals surface area contributed by atoms with E-state index in [4.69, 9.17) is 0 Å². The first kappa shape index (κ1) is 36.5. The predicted octanol–water partition coefficient (Wildman–Crippen LogP) is 2.37. The van der Waals surface area contributed by atoms with E-state index in [-0.39, 0.29) is 68.5 Å². The third-order valence-corrected chi connectivity index (χ3v) is 0. The van der Waals surface area contributed by atoms with Gasteiger partial charge in [0, 0.05) is 17.1 Å². The molecule has 0 saturated heterocycles. The van der Waals surface area contributed by atoms with Crippen molar-refractivity contribution >= 4 is 0 Å². The first-order chi connectivity index (χ1) is 6.93. The Hall–Kier alpha value is 1.32. The van der Waals surface area contributed by atoms with Crippen LogP contribution in [-0.2, 0) is 17.1 Å². The maximum atomic E-state index is 9.58. The van der Waals surface area contributed by atoms with Crippen LogP contribution >= 0.6 is 0 Å². The average Bonchev–Trinajstić information content (AvgIpc) is 1.76. The summed E-state index contributed by atoms with van der Waals surface area (Å²) in [5.74, 6) is 0. The van der Waals surface area contributed by atoms with Gasteiger partial charge < -0.3 is 52.7 Å². The molecule has 0 rings (SSSR count). The van der Waals surface area contributed by atoms with E-state index in [0.29, 0.717) is 0 Å². The molecule has 18 heavy (non-hydrogen) atoms. The molecule has 0 fully saturated rings. The van der Waals surface area contributed by atoms with Crippen molar-refractivity contribution in [2.75, 3.05) is 0 Å². The molecule has 0 atom stereocenters. The Kier molecular flexibility index (Phi) is 62.9. The Labute approximate surface area is 146 Å². The third kappa shape index (κ3) is 2660. The largest absolute Gasteiger partial charge is 1.00 e. The molecule has 0 heterocycles. The zero-order valence-corrected chi connectivity index (χ0v) is 11.9. The van der Waals surface area contributed by atoms with E-state index in [1.165, 1.54) is 0 Å². The second-order valence-electron chi connectivity index (χ2n) is 0.857. The molecule has 0 saturated carbocycles. The van der Waals surface area contributed by atoms with Gasteiger partial charge in [-0.15, -0.1) is 0 Å². The molecule has 0 nitrogen and oxygen atoms in total. The molecule has 0 N–H and O–H groups in total. The molecular weight excluding hydrogens is 379 g/mol. The van der Waals surface area contributed by atoms with Crippen molar-refractivity contribution in [3.05, 3.63) is 26.7 Å². The van der Waals surface area contributed by atoms with E-state index in [2.05, 4.69) is 0 Å². The molecule has 14 heteroatoms. The van der Waals surface area contributed by atoms with Gasteiger partial charge in [-0.2, -0.15) is 0 Å². The van der Waals surface area contributed by atoms with Gasteiger partial charge in [-0.3, -0.25) is 0 Å². The minimum atomic E-state index is -3.08. The molecule has 0 aromatic rings. The van der Waals surface area contributed by atoms with Crippen molar-refractivity contribution in [3.8, 4) is 0 Å². The molecule has 0 bridgehead atoms. The van der Waals surface area contributed by atoms with E-state index in [0.717, 1.165) is 0 Å². The summed E-state index contributed by atoms with van der Waals surface area (Å²) in [7, 11) is 0. The second-order valence-corrected chi connectivity index (χ2v) is 0.857. The number of halogens is 12. The van der Waals surface area contributed by atoms with Gasteiger partial charge in [-0.05, 0) is 0 Å². The SMILES string of the molecule is F[C-](F)F.F[C-](F)F.F[C-](F)F.F[C-](F)F.[Cu].[K+]. The smallest absolute Gasteiger partial charge is 0.385 e. The van der Waals surface area contributed by atoms with Crippen molar-refractivity contribution < 1.29 is 121 Å². The van der Waals surface area contributed by atoms with Crippen LogP contribution in [0.1, 0.15) is 0 Å². The Morgan fingerprint density at radius 3 is 0.333 bits per heavy atom. The molecule has 0 unspecified atom stereocenters. The van der Waals surface area contributed by atoms with Crippen LogP contribution in [0.25, 0.3) is 0 Å². The molecule has 0 amide bonds. The maximum absolute atomic E-state index is 9.58. The summed E-state index contributed by atoms with van der Waals surface area (Å²) in [6.07, 6.45) is 0. The molecular formula is C4CuF12K-3. The fourth-order valence-corrected chi connectivity index (χ4v) is 0. The topological polar surface area (TPSA) is 0 Å². The molecule has 0 aliphatic carbocycles. The molecule has 115 valence electrons. The minimum Gasteiger partial charge on any atom is -0.385 e. The van der Waals surface area contributed by atoms with Crippen molar-refractivity contribution in [3.63, 3.8) is 0 Å². The third-order valence-electron chi connectivity index (χ3n) is 0. The van der Waals surface area contributed by atoms with Crippen LogP contribution in [0, 0.1) is 26.7 Å². The van der Waals surface area contributed by atoms with Crippen molar-refractivity contribution in [2.24, 2.45) is 0 Å². The van der Waals surface area contributed by atoms with Crippen LogP contribution in [-0.4, -0.2) is 0 Å². The van der Waals surface area contributed by atoms with Gasteiger partial charge in [-0.25, -0.2) is 0 Å². The quantitative estimate of drug-likeness (QED) is 0.345. The summed E-state index contributed by atoms with van der Waals surface area (Å²) < 4.78 is 115. The Bertz CT molecular complexity index is 67.1. The molecule has 0 aliphatic rings. The molecule has 0 aliphatic heterocycles. The summed E-state index contributed by atoms with van der Waals surface area (Å²) in [6, 6.07) is 0. The van der Waals surface area contributed by atoms with Gasteiger partial charge in [0.1, 0.15) is 0 Å². The zero-order valence-electron chi connectivity index (χ0n) is 7.84. The van der Waals surface area contributed by atoms with Crippen LogP contribution in [0.2, 0.25) is 0 Å². The second kappa shape index (κ2) is 31.0. The summed E-state index contributed by atoms with van der Waals surface area (Å²) >= 11 is 0. The number of hydrogen-bond donors (Lipinski definition) is 0. The van der Waals surface area contributed by atoms with Crippen molar-refractivity contribution in [2.45, 2.75) is 0 Å². The number of rotatable bonds is 0. The molecule has 0 aromatic carbocycles. The van der Waals surface area contributed by atoms with Crippen LogP contribution in [0.4, 0.5) is 52.7 Å². The first-order valence-corrected chi connectivity index (χ1v) is 2.27. The van der Waals surface area contributed by atoms with E-state index >= 15 is 0 Å². The van der Waals surface area contributed by atoms with Gasteiger partial charge in [0.2, 0.25) is 0 Å². The fourth-order valence-electron chi connectivity index (χ4n) is 0. The number of hydrogen-bond acceptors (Lipinski definition) is 0. The first-order valence-electron chi connectivity index (χ1n) is 2.27. The summed E-state index contributed by atoms with van der Waals surface area (Å²) in [4.78, 5) is 0. The Balaban J connectivity index is -0.0000000257. The fraction of sp³-hybridized carbons (Fsp3) is 0. The van der Waals surface area contributed by atoms with E-state index in [1.54, 1.807) is 0 Å². The van der Waals surface area contributed by atoms with E-state index < -0.39 is 26.7 Å². The van der Waals surface area contributed by atoms with Gasteiger partial charge in [0.15, 0.2) is 26.7 Å². The predicted molar refractivity (Wildman–Crippen MR) is 26.3 cm³/mol. The molecule has 1 radical (unpaired) electrons. The average molecular weight is 379 g/mol. The Morgan fingerprint density at radius 1 is 0.333 bits per heavy atom. The molecule has 0 aromatic heterocycles. The summed E-state index contributed by atoms with van der Waals surface area (Å²) in [5, 5.41) is 0. The van der Waals surface area contributed by atoms with Crippen LogP contribution < -0.4 is 51.4 Å². The zero-order chi connectivity index (χ0) is 14.3. The summed E-state index contributed by atoms with van der Waals surface area (Å²) in [5.41, 5.74) is 0. The minimum absolute atomic E-state index is 0. The van der Waals surface area contributed by atoms with Crippen LogP contribution in [0.15, 0.2) is 0 Å². The van der Waals surface area contributed by atoms with E-state index in [9.17, 15) is 52.7 Å². The van der Waals surface area contributed by atoms with E-state index in [1.807, 2.05) is 0 Å². The van der Waals surface area contributed by atoms with Gasteiger partial charge in [-0.1, -0.05) is 0 Å². The van der Waals surface area contributed by atoms with Gasteiger partial charge >= 0.3 is 51.4 Å². The van der Waals surface area contributed by atoms with Crippen LogP contribution in [0.3, 0.4) is 0 Å². The van der Waals surface area contributed by atoms with Gasteiger partial charge in [0.25, 0.3) is 0 Å². The Morgan fingerprint density at radius 2 is 0.333 bits per heavy atom. The van der Waals surface area contributed by atoms with Crippen molar-refractivity contribution in [1.82, 2.24) is 0 Å². The van der Waals surface area contributed by atoms with Crippen molar-refractivity contribution in [1.29, 1.82) is 0 Å².